The minimum Gasteiger partial charge on any atom is -0.496 e. The van der Waals surface area contributed by atoms with Crippen molar-refractivity contribution in [2.45, 2.75) is 155 Å². The summed E-state index contributed by atoms with van der Waals surface area (Å²) in [6.07, 6.45) is 15.8. The molecule has 0 saturated carbocycles. The van der Waals surface area contributed by atoms with Gasteiger partial charge in [-0.05, 0) is 41.9 Å². The van der Waals surface area contributed by atoms with Crippen LogP contribution in [0, 0.1) is 0 Å². The van der Waals surface area contributed by atoms with E-state index in [0.717, 1.165) is 11.5 Å². The van der Waals surface area contributed by atoms with Gasteiger partial charge in [0.25, 0.3) is 0 Å². The Bertz CT molecular complexity index is 1560. The minimum atomic E-state index is -1.64. The Labute approximate surface area is 360 Å². The van der Waals surface area contributed by atoms with Crippen LogP contribution in [-0.4, -0.2) is 41.9 Å². The fourth-order valence-electron chi connectivity index (χ4n) is 9.24. The Hall–Kier alpha value is -2.27. The molecular formula is C51H79NO2P2Si2. The lowest BCUT2D eigenvalue weighted by Crippen LogP contribution is -2.48. The molecule has 0 heterocycles. The topological polar surface area (TPSA) is 21.7 Å². The van der Waals surface area contributed by atoms with Crippen molar-refractivity contribution in [2.75, 3.05) is 21.3 Å². The number of hydrogen-bond donors (Lipinski definition) is 0. The number of nitrogens with zero attached hydrogens (tertiary/aromatic N) is 1. The molecule has 2 atom stereocenters. The Balaban J connectivity index is 1.92. The third-order valence-electron chi connectivity index (χ3n) is 12.7. The van der Waals surface area contributed by atoms with E-state index in [9.17, 15) is 0 Å². The predicted octanol–water partition coefficient (Wildman–Crippen LogP) is 13.1. The van der Waals surface area contributed by atoms with Crippen molar-refractivity contribution >= 4 is 63.9 Å². The molecule has 0 saturated heterocycles. The molecule has 0 aliphatic carbocycles. The first kappa shape index (κ1) is 48.4. The minimum absolute atomic E-state index is 0.964. The van der Waals surface area contributed by atoms with Crippen LogP contribution < -0.4 is 41.1 Å². The van der Waals surface area contributed by atoms with Gasteiger partial charge in [0.05, 0.1) is 30.4 Å². The van der Waals surface area contributed by atoms with E-state index in [4.69, 9.17) is 9.47 Å². The summed E-state index contributed by atoms with van der Waals surface area (Å²) < 4.78 is 15.1. The predicted molar refractivity (Wildman–Crippen MR) is 268 cm³/mol. The fraction of sp³-hybridized carbons (Fsp3) is 0.529. The number of unbranched alkanes of at least 4 members (excludes halogenated alkanes) is 6. The fourth-order valence-corrected chi connectivity index (χ4v) is 26.2. The van der Waals surface area contributed by atoms with Gasteiger partial charge >= 0.3 is 0 Å². The van der Waals surface area contributed by atoms with Gasteiger partial charge in [-0.1, -0.05) is 238 Å². The molecule has 4 aromatic rings. The molecule has 0 aliphatic rings. The SMILES string of the molecule is CCCC[Si](CCCC)(CCCC)c1ccc(P(c2ccccc2OC)N(C)P(c2ccc([Si](CCCC)(CCCC)CCCC)cc2)c2ccccc2OC)cc1. The highest BCUT2D eigenvalue weighted by Gasteiger charge is 2.37. The molecule has 3 nitrogen and oxygen atoms in total. The lowest BCUT2D eigenvalue weighted by molar-refractivity contribution is 0.418. The van der Waals surface area contributed by atoms with E-state index in [0.29, 0.717) is 0 Å². The summed E-state index contributed by atoms with van der Waals surface area (Å²) in [5, 5.41) is 8.66. The molecule has 0 N–H and O–H groups in total. The van der Waals surface area contributed by atoms with Gasteiger partial charge in [0.1, 0.15) is 11.5 Å². The average Bonchev–Trinajstić information content (AvgIpc) is 3.27. The monoisotopic (exact) mass is 856 g/mol. The van der Waals surface area contributed by atoms with Crippen LogP contribution in [0.1, 0.15) is 119 Å². The van der Waals surface area contributed by atoms with Crippen LogP contribution in [-0.2, 0) is 0 Å². The summed E-state index contributed by atoms with van der Waals surface area (Å²) in [5.41, 5.74) is 0. The number of rotatable bonds is 28. The van der Waals surface area contributed by atoms with Gasteiger partial charge in [0, 0.05) is 26.8 Å². The molecule has 0 aliphatic heterocycles. The van der Waals surface area contributed by atoms with Crippen molar-refractivity contribution in [1.29, 1.82) is 0 Å². The first-order chi connectivity index (χ1) is 28.3. The maximum Gasteiger partial charge on any atom is 0.128 e. The largest absolute Gasteiger partial charge is 0.496 e. The van der Waals surface area contributed by atoms with Crippen molar-refractivity contribution in [2.24, 2.45) is 0 Å². The van der Waals surface area contributed by atoms with E-state index in [1.165, 1.54) is 135 Å². The molecule has 4 aromatic carbocycles. The first-order valence-electron chi connectivity index (χ1n) is 23.1. The Morgan fingerprint density at radius 2 is 0.690 bits per heavy atom. The van der Waals surface area contributed by atoms with Crippen LogP contribution in [0.3, 0.4) is 0 Å². The number of methoxy groups -OCH3 is 2. The molecule has 0 spiro atoms. The van der Waals surface area contributed by atoms with Gasteiger partial charge in [-0.2, -0.15) is 0 Å². The summed E-state index contributed by atoms with van der Waals surface area (Å²) in [5.74, 6) is 1.93. The summed E-state index contributed by atoms with van der Waals surface area (Å²) >= 11 is 0. The Kier molecular flexibility index (Phi) is 21.3. The van der Waals surface area contributed by atoms with Gasteiger partial charge < -0.3 is 9.47 Å². The number of para-hydroxylation sites is 2. The maximum absolute atomic E-state index is 6.18. The maximum atomic E-state index is 6.18. The van der Waals surface area contributed by atoms with Crippen LogP contribution in [0.25, 0.3) is 0 Å². The second kappa shape index (κ2) is 25.5. The van der Waals surface area contributed by atoms with Gasteiger partial charge in [-0.15, -0.1) is 0 Å². The summed E-state index contributed by atoms with van der Waals surface area (Å²) in [6.45, 7) is 14.2. The van der Waals surface area contributed by atoms with Crippen molar-refractivity contribution < 1.29 is 9.47 Å². The van der Waals surface area contributed by atoms with Crippen LogP contribution >= 0.6 is 16.1 Å². The molecule has 2 unspecified atom stereocenters. The summed E-state index contributed by atoms with van der Waals surface area (Å²) in [6, 6.07) is 46.4. The zero-order valence-electron chi connectivity index (χ0n) is 38.1. The lowest BCUT2D eigenvalue weighted by Gasteiger charge is -2.38. The van der Waals surface area contributed by atoms with Crippen LogP contribution in [0.15, 0.2) is 97.1 Å². The van der Waals surface area contributed by atoms with Crippen LogP contribution in [0.2, 0.25) is 36.3 Å². The molecule has 318 valence electrons. The van der Waals surface area contributed by atoms with Gasteiger partial charge in [-0.25, -0.2) is 4.44 Å². The Morgan fingerprint density at radius 1 is 0.414 bits per heavy atom. The van der Waals surface area contributed by atoms with Gasteiger partial charge in [0.15, 0.2) is 0 Å². The van der Waals surface area contributed by atoms with E-state index in [-0.39, 0.29) is 0 Å². The molecule has 58 heavy (non-hydrogen) atoms. The number of hydrogen-bond acceptors (Lipinski definition) is 3. The van der Waals surface area contributed by atoms with E-state index < -0.39 is 32.3 Å². The summed E-state index contributed by atoms with van der Waals surface area (Å²) in [4.78, 5) is 0. The molecule has 7 heteroatoms. The van der Waals surface area contributed by atoms with Crippen molar-refractivity contribution in [3.8, 4) is 11.5 Å². The van der Waals surface area contributed by atoms with E-state index in [1.54, 1.807) is 10.4 Å². The lowest BCUT2D eigenvalue weighted by atomic mass is 10.3. The standard InChI is InChI=1S/C51H79NO2P2Si2/c1-10-16-38-57(39-17-11-2,40-18-12-3)46-34-30-44(31-35-46)55(50-28-24-22-26-48(50)53-8)52(7)56(51-29-25-23-27-49(51)54-9)45-32-36-47(37-33-45)58(41-19-13-4,42-20-14-5)43-21-15-6/h22-37H,10-21,38-43H2,1-9H3. The quantitative estimate of drug-likeness (QED) is 0.0420. The zero-order valence-corrected chi connectivity index (χ0v) is 41.9. The normalized spacial score (nSPS) is 13.1. The van der Waals surface area contributed by atoms with Crippen molar-refractivity contribution in [3.63, 3.8) is 0 Å². The van der Waals surface area contributed by atoms with Crippen LogP contribution in [0.4, 0.5) is 0 Å². The summed E-state index contributed by atoms with van der Waals surface area (Å²) in [7, 11) is 0.810. The van der Waals surface area contributed by atoms with Crippen molar-refractivity contribution in [1.82, 2.24) is 4.44 Å². The van der Waals surface area contributed by atoms with Gasteiger partial charge in [-0.3, -0.25) is 0 Å². The Morgan fingerprint density at radius 3 is 0.948 bits per heavy atom. The van der Waals surface area contributed by atoms with E-state index in [2.05, 4.69) is 150 Å². The van der Waals surface area contributed by atoms with E-state index in [1.807, 2.05) is 14.2 Å². The first-order valence-corrected chi connectivity index (χ1v) is 31.0. The number of benzene rings is 4. The molecule has 0 radical (unpaired) electrons. The molecule has 4 rings (SSSR count). The second-order valence-electron chi connectivity index (χ2n) is 16.7. The highest BCUT2D eigenvalue weighted by molar-refractivity contribution is 7.84. The molecular weight excluding hydrogens is 777 g/mol. The highest BCUT2D eigenvalue weighted by atomic mass is 31.2. The molecule has 0 amide bonds. The van der Waals surface area contributed by atoms with Crippen LogP contribution in [0.5, 0.6) is 11.5 Å². The molecule has 0 fully saturated rings. The second-order valence-corrected chi connectivity index (χ2v) is 30.8. The zero-order chi connectivity index (χ0) is 41.8. The third kappa shape index (κ3) is 12.4. The third-order valence-corrected chi connectivity index (χ3v) is 29.1. The highest BCUT2D eigenvalue weighted by Crippen LogP contribution is 2.55. The van der Waals surface area contributed by atoms with Gasteiger partial charge in [0.2, 0.25) is 0 Å². The molecule has 0 aromatic heterocycles. The number of ether oxygens (including phenoxy) is 2. The average molecular weight is 856 g/mol. The molecule has 0 bridgehead atoms. The van der Waals surface area contributed by atoms with E-state index >= 15 is 0 Å². The smallest absolute Gasteiger partial charge is 0.128 e. The van der Waals surface area contributed by atoms with Crippen molar-refractivity contribution in [3.05, 3.63) is 97.1 Å².